The molecule has 0 amide bonds. The average molecular weight is 1340 g/mol. The fraction of sp³-hybridized carbons (Fsp3) is 0.649. The van der Waals surface area contributed by atoms with E-state index >= 15 is 0 Å². The standard InChI is InChI=1S/C57H84N18O18Si/c1-39(77)88-51(29-76)23-72-19-47(60-66-72)30-84-36-54(91-42(4)80)26-74-21-49(62-68-74)32-86-38-56(93-44(6)82)28-75-22-50(63-69-75)33-87-37-55(92-43(5)81)27-73-20-48(61-67-73)31-85-35-53(90-41(3)79)25-71-18-46(59-65-71)14-13-45-17-70(64-58-45)24-52(89-40(2)78)34-83-15-12-16-94(10,11)57(7,8)9/h17-22,51-56,76H,13-15,23-38H2,1-11H3/t51-,52-,53-,54-,55-,56-/m1/s1. The zero-order chi connectivity index (χ0) is 68.2. The number of rotatable bonds is 41. The van der Waals surface area contributed by atoms with Crippen LogP contribution in [0.5, 0.6) is 0 Å². The van der Waals surface area contributed by atoms with E-state index in [4.69, 9.17) is 52.1 Å². The molecule has 0 spiro atoms. The van der Waals surface area contributed by atoms with Crippen molar-refractivity contribution in [3.05, 3.63) is 71.3 Å². The van der Waals surface area contributed by atoms with Gasteiger partial charge in [-0.05, 0) is 17.9 Å². The van der Waals surface area contributed by atoms with Crippen molar-refractivity contribution in [1.82, 2.24) is 90.0 Å². The van der Waals surface area contributed by atoms with E-state index in [1.54, 1.807) is 46.5 Å². The van der Waals surface area contributed by atoms with Crippen LogP contribution < -0.4 is 0 Å². The highest BCUT2D eigenvalue weighted by Gasteiger charge is 2.34. The van der Waals surface area contributed by atoms with E-state index in [1.165, 1.54) is 60.3 Å². The first-order valence-electron chi connectivity index (χ1n) is 30.1. The van der Waals surface area contributed by atoms with E-state index in [9.17, 15) is 33.9 Å². The third kappa shape index (κ3) is 27.8. The molecule has 0 aliphatic carbocycles. The van der Waals surface area contributed by atoms with Crippen molar-refractivity contribution in [2.75, 3.05) is 46.2 Å². The maximum absolute atomic E-state index is 12.1. The van der Waals surface area contributed by atoms with Crippen LogP contribution in [0.1, 0.15) is 96.5 Å². The van der Waals surface area contributed by atoms with Gasteiger partial charge in [0.05, 0.1) is 142 Å². The molecule has 6 heterocycles. The summed E-state index contributed by atoms with van der Waals surface area (Å²) < 4.78 is 70.6. The molecule has 514 valence electrons. The molecule has 0 aliphatic heterocycles. The normalized spacial score (nSPS) is 13.6. The van der Waals surface area contributed by atoms with Gasteiger partial charge in [0.15, 0.2) is 0 Å². The van der Waals surface area contributed by atoms with Crippen LogP contribution in [0.25, 0.3) is 0 Å². The number of aliphatic hydroxyl groups is 1. The van der Waals surface area contributed by atoms with Gasteiger partial charge in [-0.1, -0.05) is 71.1 Å². The number of aromatic nitrogens is 18. The molecule has 0 saturated heterocycles. The molecule has 36 nitrogen and oxygen atoms in total. The molecule has 0 fully saturated rings. The number of carbonyl (C=O) groups excluding carboxylic acids is 6. The SMILES string of the molecule is CC(=O)O[C@@H](CO)Cn1cc(COC[C@@H](Cn2cc(COC[C@@H](Cn3cc(COC[C@@H](Cn4cc(COC[C@@H](Cn5cc(CCc6cn(C[C@H](COCC#C[Si](C)(C)C(C)(C)C)OC(C)=O)nn6)nn5)OC(C)=O)nn4)OC(C)=O)nn3)OC(C)=O)nn2)OC(C)=O)nn1. The Morgan fingerprint density at radius 2 is 0.638 bits per heavy atom. The lowest BCUT2D eigenvalue weighted by Gasteiger charge is -2.31. The summed E-state index contributed by atoms with van der Waals surface area (Å²) in [6.45, 7) is 19.3. The third-order valence-electron chi connectivity index (χ3n) is 13.7. The first kappa shape index (κ1) is 74.2. The fourth-order valence-electron chi connectivity index (χ4n) is 8.59. The molecule has 0 unspecified atom stereocenters. The second-order valence-corrected chi connectivity index (χ2v) is 28.4. The summed E-state index contributed by atoms with van der Waals surface area (Å²) in [7, 11) is -1.78. The van der Waals surface area contributed by atoms with Crippen molar-refractivity contribution in [3.63, 3.8) is 0 Å². The lowest BCUT2D eigenvalue weighted by atomic mass is 10.2. The van der Waals surface area contributed by atoms with E-state index in [0.29, 0.717) is 47.0 Å². The summed E-state index contributed by atoms with van der Waals surface area (Å²) in [6, 6.07) is 0. The number of aliphatic hydroxyl groups excluding tert-OH is 1. The van der Waals surface area contributed by atoms with E-state index in [2.05, 4.69) is 107 Å². The molecule has 0 aromatic carbocycles. The summed E-state index contributed by atoms with van der Waals surface area (Å²) in [5.74, 6) is 0.0286. The summed E-state index contributed by atoms with van der Waals surface area (Å²) in [5, 5.41) is 59.5. The molecule has 1 N–H and O–H groups in total. The second kappa shape index (κ2) is 37.2. The number of nitrogens with zero attached hydrogens (tertiary/aromatic N) is 18. The highest BCUT2D eigenvalue weighted by molar-refractivity contribution is 6.87. The largest absolute Gasteiger partial charge is 0.458 e. The molecule has 37 heteroatoms. The summed E-state index contributed by atoms with van der Waals surface area (Å²) in [6.07, 6.45) is 6.47. The lowest BCUT2D eigenvalue weighted by molar-refractivity contribution is -0.151. The predicted octanol–water partition coefficient (Wildman–Crippen LogP) is 0.538. The molecule has 0 saturated carbocycles. The number of hydrogen-bond acceptors (Lipinski definition) is 30. The number of aryl methyl sites for hydroxylation is 2. The van der Waals surface area contributed by atoms with Gasteiger partial charge in [-0.25, -0.2) is 28.1 Å². The van der Waals surface area contributed by atoms with Gasteiger partial charge in [-0.3, -0.25) is 28.8 Å². The Hall–Kier alpha value is -8.80. The number of ether oxygens (including phenoxy) is 11. The Bertz CT molecular complexity index is 3420. The maximum Gasteiger partial charge on any atom is 0.303 e. The number of hydrogen-bond donors (Lipinski definition) is 1. The zero-order valence-electron chi connectivity index (χ0n) is 54.8. The first-order chi connectivity index (χ1) is 44.7. The molecule has 6 rings (SSSR count). The summed E-state index contributed by atoms with van der Waals surface area (Å²) >= 11 is 0. The minimum atomic E-state index is -1.78. The van der Waals surface area contributed by atoms with Crippen LogP contribution in [-0.4, -0.2) is 222 Å². The van der Waals surface area contributed by atoms with Gasteiger partial charge < -0.3 is 57.2 Å². The van der Waals surface area contributed by atoms with Gasteiger partial charge in [-0.2, -0.15) is 0 Å². The Morgan fingerprint density at radius 3 is 0.894 bits per heavy atom. The van der Waals surface area contributed by atoms with Crippen LogP contribution in [-0.2, 0) is 159 Å². The van der Waals surface area contributed by atoms with E-state index in [-0.39, 0.29) is 110 Å². The van der Waals surface area contributed by atoms with Crippen molar-refractivity contribution < 1.29 is 86.0 Å². The predicted molar refractivity (Wildman–Crippen MR) is 322 cm³/mol. The Balaban J connectivity index is 0.895. The molecule has 94 heavy (non-hydrogen) atoms. The molecule has 6 atom stereocenters. The zero-order valence-corrected chi connectivity index (χ0v) is 55.8. The minimum absolute atomic E-state index is 0.00687. The molecule has 0 aliphatic rings. The van der Waals surface area contributed by atoms with Gasteiger partial charge in [0, 0.05) is 53.9 Å². The van der Waals surface area contributed by atoms with E-state index in [0.717, 1.165) is 0 Å². The van der Waals surface area contributed by atoms with Crippen molar-refractivity contribution in [2.45, 2.75) is 196 Å². The molecule has 6 aromatic heterocycles. The molecular weight excluding hydrogens is 1250 g/mol. The molecule has 0 radical (unpaired) electrons. The smallest absolute Gasteiger partial charge is 0.303 e. The van der Waals surface area contributed by atoms with Crippen molar-refractivity contribution in [3.8, 4) is 11.5 Å². The number of esters is 6. The average Bonchev–Trinajstić information content (AvgIpc) is 1.52. The highest BCUT2D eigenvalue weighted by Crippen LogP contribution is 2.35. The number of carbonyl (C=O) groups is 6. The minimum Gasteiger partial charge on any atom is -0.458 e. The van der Waals surface area contributed by atoms with Gasteiger partial charge in [0.1, 0.15) is 74.1 Å². The fourth-order valence-corrected chi connectivity index (χ4v) is 9.48. The van der Waals surface area contributed by atoms with Gasteiger partial charge >= 0.3 is 35.8 Å². The lowest BCUT2D eigenvalue weighted by Crippen LogP contribution is -2.35. The Kier molecular flexibility index (Phi) is 29.4. The maximum atomic E-state index is 12.1. The van der Waals surface area contributed by atoms with Gasteiger partial charge in [-0.15, -0.1) is 36.1 Å². The Labute approximate surface area is 542 Å². The first-order valence-corrected chi connectivity index (χ1v) is 33.1. The molecule has 0 bridgehead atoms. The van der Waals surface area contributed by atoms with Gasteiger partial charge in [0.25, 0.3) is 0 Å². The second-order valence-electron chi connectivity index (χ2n) is 23.4. The summed E-state index contributed by atoms with van der Waals surface area (Å²) in [4.78, 5) is 71.3. The van der Waals surface area contributed by atoms with Crippen molar-refractivity contribution in [2.24, 2.45) is 0 Å². The Morgan fingerprint density at radius 1 is 0.404 bits per heavy atom. The van der Waals surface area contributed by atoms with Crippen LogP contribution in [0.2, 0.25) is 18.1 Å². The van der Waals surface area contributed by atoms with E-state index in [1.807, 2.05) is 0 Å². The van der Waals surface area contributed by atoms with Crippen LogP contribution in [0.4, 0.5) is 0 Å². The molecule has 6 aromatic rings. The highest BCUT2D eigenvalue weighted by atomic mass is 28.3. The summed E-state index contributed by atoms with van der Waals surface area (Å²) in [5.41, 5.74) is 6.52. The van der Waals surface area contributed by atoms with Gasteiger partial charge in [0.2, 0.25) is 0 Å². The topological polar surface area (TPSA) is 408 Å². The quantitative estimate of drug-likeness (QED) is 0.0180. The van der Waals surface area contributed by atoms with Crippen LogP contribution >= 0.6 is 0 Å². The monoisotopic (exact) mass is 1340 g/mol. The van der Waals surface area contributed by atoms with Crippen LogP contribution in [0.3, 0.4) is 0 Å². The van der Waals surface area contributed by atoms with Crippen molar-refractivity contribution in [1.29, 1.82) is 0 Å². The molecular formula is C57H84N18O18Si. The van der Waals surface area contributed by atoms with Crippen LogP contribution in [0.15, 0.2) is 37.2 Å². The van der Waals surface area contributed by atoms with E-state index < -0.39 is 87.1 Å². The third-order valence-corrected chi connectivity index (χ3v) is 18.2. The van der Waals surface area contributed by atoms with Crippen LogP contribution in [0, 0.1) is 11.5 Å². The van der Waals surface area contributed by atoms with Crippen molar-refractivity contribution >= 4 is 43.9 Å².